The second-order valence-corrected chi connectivity index (χ2v) is 7.66. The van der Waals surface area contributed by atoms with E-state index in [1.165, 1.54) is 5.56 Å². The molecule has 2 rings (SSSR count). The van der Waals surface area contributed by atoms with Gasteiger partial charge in [-0.05, 0) is 61.2 Å². The Labute approximate surface area is 167 Å². The van der Waals surface area contributed by atoms with E-state index >= 15 is 0 Å². The fraction of sp³-hybridized carbons (Fsp3) is 0.391. The Bertz CT molecular complexity index is 786. The molecule has 0 aliphatic carbocycles. The van der Waals surface area contributed by atoms with Gasteiger partial charge in [-0.25, -0.2) is 0 Å². The topological polar surface area (TPSA) is 58.6 Å². The van der Waals surface area contributed by atoms with Gasteiger partial charge in [-0.2, -0.15) is 0 Å². The standard InChI is InChI=1S/C23H30N2O3/c1-6-25(7-2)21(26)16-28-20-14-12-19(13-15-20)24-22(27)17-8-10-18(11-9-17)23(3,4)5/h8-15H,6-7,16H2,1-5H3,(H,24,27). The van der Waals surface area contributed by atoms with E-state index in [0.29, 0.717) is 30.1 Å². The summed E-state index contributed by atoms with van der Waals surface area (Å²) in [5.41, 5.74) is 2.52. The Balaban J connectivity index is 1.93. The van der Waals surface area contributed by atoms with Crippen LogP contribution in [0.5, 0.6) is 5.75 Å². The first kappa shape index (κ1) is 21.5. The monoisotopic (exact) mass is 382 g/mol. The Morgan fingerprint density at radius 3 is 2.00 bits per heavy atom. The summed E-state index contributed by atoms with van der Waals surface area (Å²) in [6.07, 6.45) is 0. The van der Waals surface area contributed by atoms with Gasteiger partial charge in [0, 0.05) is 24.3 Å². The number of likely N-dealkylation sites (N-methyl/N-ethyl adjacent to an activating group) is 1. The average Bonchev–Trinajstić information content (AvgIpc) is 2.68. The number of hydrogen-bond acceptors (Lipinski definition) is 3. The molecule has 0 fully saturated rings. The third-order valence-corrected chi connectivity index (χ3v) is 4.60. The van der Waals surface area contributed by atoms with Crippen LogP contribution in [0.4, 0.5) is 5.69 Å². The van der Waals surface area contributed by atoms with Crippen molar-refractivity contribution in [1.82, 2.24) is 4.90 Å². The first-order chi connectivity index (χ1) is 13.2. The second kappa shape index (κ2) is 9.40. The maximum atomic E-state index is 12.4. The van der Waals surface area contributed by atoms with Crippen LogP contribution in [-0.2, 0) is 10.2 Å². The van der Waals surface area contributed by atoms with E-state index in [0.717, 1.165) is 0 Å². The Morgan fingerprint density at radius 1 is 0.929 bits per heavy atom. The van der Waals surface area contributed by atoms with Crippen molar-refractivity contribution in [3.63, 3.8) is 0 Å². The molecule has 2 aromatic carbocycles. The largest absolute Gasteiger partial charge is 0.484 e. The summed E-state index contributed by atoms with van der Waals surface area (Å²) in [5, 5.41) is 2.88. The number of carbonyl (C=O) groups is 2. The predicted octanol–water partition coefficient (Wildman–Crippen LogP) is 4.48. The molecule has 0 atom stereocenters. The number of nitrogens with zero attached hydrogens (tertiary/aromatic N) is 1. The third kappa shape index (κ3) is 5.84. The van der Waals surface area contributed by atoms with E-state index in [1.807, 2.05) is 38.1 Å². The van der Waals surface area contributed by atoms with Crippen LogP contribution in [0.1, 0.15) is 50.5 Å². The van der Waals surface area contributed by atoms with Crippen molar-refractivity contribution in [2.75, 3.05) is 25.0 Å². The molecular weight excluding hydrogens is 352 g/mol. The molecule has 1 N–H and O–H groups in total. The Kier molecular flexibility index (Phi) is 7.21. The maximum Gasteiger partial charge on any atom is 0.260 e. The van der Waals surface area contributed by atoms with Crippen molar-refractivity contribution in [1.29, 1.82) is 0 Å². The summed E-state index contributed by atoms with van der Waals surface area (Å²) in [7, 11) is 0. The van der Waals surface area contributed by atoms with Crippen LogP contribution in [-0.4, -0.2) is 36.4 Å². The molecule has 0 radical (unpaired) electrons. The highest BCUT2D eigenvalue weighted by atomic mass is 16.5. The maximum absolute atomic E-state index is 12.4. The minimum atomic E-state index is -0.161. The van der Waals surface area contributed by atoms with Gasteiger partial charge in [0.05, 0.1) is 0 Å². The molecule has 0 aliphatic rings. The number of carbonyl (C=O) groups excluding carboxylic acids is 2. The predicted molar refractivity (Wildman–Crippen MR) is 113 cm³/mol. The van der Waals surface area contributed by atoms with Gasteiger partial charge in [-0.1, -0.05) is 32.9 Å². The van der Waals surface area contributed by atoms with Crippen molar-refractivity contribution in [2.24, 2.45) is 0 Å². The highest BCUT2D eigenvalue weighted by molar-refractivity contribution is 6.04. The number of anilines is 1. The molecule has 0 spiro atoms. The molecule has 5 nitrogen and oxygen atoms in total. The molecule has 0 saturated carbocycles. The highest BCUT2D eigenvalue weighted by Crippen LogP contribution is 2.22. The normalized spacial score (nSPS) is 11.0. The van der Waals surface area contributed by atoms with Crippen LogP contribution < -0.4 is 10.1 Å². The van der Waals surface area contributed by atoms with E-state index in [2.05, 4.69) is 26.1 Å². The van der Waals surface area contributed by atoms with Crippen LogP contribution in [0.3, 0.4) is 0 Å². The molecular formula is C23H30N2O3. The summed E-state index contributed by atoms with van der Waals surface area (Å²) in [5.74, 6) is 0.389. The number of nitrogens with one attached hydrogen (secondary N) is 1. The molecule has 0 heterocycles. The summed E-state index contributed by atoms with van der Waals surface area (Å²) < 4.78 is 5.54. The van der Waals surface area contributed by atoms with Crippen LogP contribution in [0.2, 0.25) is 0 Å². The summed E-state index contributed by atoms with van der Waals surface area (Å²) in [4.78, 5) is 26.1. The molecule has 0 aliphatic heterocycles. The molecule has 28 heavy (non-hydrogen) atoms. The number of benzene rings is 2. The third-order valence-electron chi connectivity index (χ3n) is 4.60. The van der Waals surface area contributed by atoms with E-state index in [4.69, 9.17) is 4.74 Å². The first-order valence-corrected chi connectivity index (χ1v) is 9.67. The minimum absolute atomic E-state index is 0.00745. The lowest BCUT2D eigenvalue weighted by atomic mass is 9.87. The average molecular weight is 383 g/mol. The Morgan fingerprint density at radius 2 is 1.50 bits per heavy atom. The van der Waals surface area contributed by atoms with Gasteiger partial charge in [0.15, 0.2) is 6.61 Å². The van der Waals surface area contributed by atoms with Gasteiger partial charge in [0.2, 0.25) is 0 Å². The second-order valence-electron chi connectivity index (χ2n) is 7.66. The zero-order valence-corrected chi connectivity index (χ0v) is 17.4. The highest BCUT2D eigenvalue weighted by Gasteiger charge is 2.14. The number of rotatable bonds is 7. The van der Waals surface area contributed by atoms with E-state index in [-0.39, 0.29) is 23.8 Å². The molecule has 2 aromatic rings. The van der Waals surface area contributed by atoms with E-state index in [9.17, 15) is 9.59 Å². The lowest BCUT2D eigenvalue weighted by Crippen LogP contribution is -2.34. The first-order valence-electron chi connectivity index (χ1n) is 9.67. The quantitative estimate of drug-likeness (QED) is 0.768. The van der Waals surface area contributed by atoms with Crippen molar-refractivity contribution in [3.8, 4) is 5.75 Å². The zero-order chi connectivity index (χ0) is 20.7. The molecule has 0 aromatic heterocycles. The van der Waals surface area contributed by atoms with Gasteiger partial charge in [0.1, 0.15) is 5.75 Å². The van der Waals surface area contributed by atoms with Crippen molar-refractivity contribution < 1.29 is 14.3 Å². The van der Waals surface area contributed by atoms with Gasteiger partial charge < -0.3 is 15.0 Å². The molecule has 0 unspecified atom stereocenters. The number of ether oxygens (including phenoxy) is 1. The molecule has 2 amide bonds. The van der Waals surface area contributed by atoms with Crippen LogP contribution >= 0.6 is 0 Å². The van der Waals surface area contributed by atoms with Gasteiger partial charge in [0.25, 0.3) is 11.8 Å². The van der Waals surface area contributed by atoms with Crippen LogP contribution in [0.15, 0.2) is 48.5 Å². The fourth-order valence-electron chi connectivity index (χ4n) is 2.77. The van der Waals surface area contributed by atoms with Gasteiger partial charge in [-0.15, -0.1) is 0 Å². The number of amides is 2. The summed E-state index contributed by atoms with van der Waals surface area (Å²) >= 11 is 0. The smallest absolute Gasteiger partial charge is 0.260 e. The zero-order valence-electron chi connectivity index (χ0n) is 17.4. The van der Waals surface area contributed by atoms with Gasteiger partial charge >= 0.3 is 0 Å². The molecule has 5 heteroatoms. The molecule has 0 saturated heterocycles. The van der Waals surface area contributed by atoms with Crippen LogP contribution in [0.25, 0.3) is 0 Å². The van der Waals surface area contributed by atoms with E-state index in [1.54, 1.807) is 29.2 Å². The van der Waals surface area contributed by atoms with Crippen LogP contribution in [0, 0.1) is 0 Å². The lowest BCUT2D eigenvalue weighted by Gasteiger charge is -2.19. The van der Waals surface area contributed by atoms with E-state index < -0.39 is 0 Å². The summed E-state index contributed by atoms with van der Waals surface area (Å²) in [6.45, 7) is 11.6. The van der Waals surface area contributed by atoms with Crippen molar-refractivity contribution >= 4 is 17.5 Å². The van der Waals surface area contributed by atoms with Crippen molar-refractivity contribution in [2.45, 2.75) is 40.0 Å². The number of hydrogen-bond donors (Lipinski definition) is 1. The van der Waals surface area contributed by atoms with Gasteiger partial charge in [-0.3, -0.25) is 9.59 Å². The lowest BCUT2D eigenvalue weighted by molar-refractivity contribution is -0.132. The molecule has 0 bridgehead atoms. The minimum Gasteiger partial charge on any atom is -0.484 e. The molecule has 150 valence electrons. The van der Waals surface area contributed by atoms with Crippen molar-refractivity contribution in [3.05, 3.63) is 59.7 Å². The fourth-order valence-corrected chi connectivity index (χ4v) is 2.77. The summed E-state index contributed by atoms with van der Waals surface area (Å²) in [6, 6.07) is 14.7. The Hall–Kier alpha value is -2.82. The SMILES string of the molecule is CCN(CC)C(=O)COc1ccc(NC(=O)c2ccc(C(C)(C)C)cc2)cc1.